The van der Waals surface area contributed by atoms with Gasteiger partial charge in [0.1, 0.15) is 5.78 Å². The maximum atomic E-state index is 11.3. The molecule has 0 aromatic heterocycles. The minimum absolute atomic E-state index is 0.0460. The van der Waals surface area contributed by atoms with Crippen molar-refractivity contribution in [2.24, 2.45) is 5.92 Å². The van der Waals surface area contributed by atoms with E-state index >= 15 is 0 Å². The van der Waals surface area contributed by atoms with Crippen molar-refractivity contribution in [2.75, 3.05) is 11.5 Å². The van der Waals surface area contributed by atoms with Crippen LogP contribution in [0, 0.1) is 5.92 Å². The second kappa shape index (κ2) is 6.95. The van der Waals surface area contributed by atoms with Crippen molar-refractivity contribution in [2.45, 2.75) is 26.7 Å². The maximum Gasteiger partial charge on any atom is 0.304 e. The molecule has 0 heterocycles. The van der Waals surface area contributed by atoms with Crippen LogP contribution >= 0.6 is 11.8 Å². The number of carbonyl (C=O) groups is 2. The molecular formula is C9H16O3S. The minimum Gasteiger partial charge on any atom is -0.481 e. The first-order valence-corrected chi connectivity index (χ1v) is 5.55. The SMILES string of the molecule is CCSCCC(=O)C(C)CC(=O)O. The Hall–Kier alpha value is -0.510. The van der Waals surface area contributed by atoms with Gasteiger partial charge in [0, 0.05) is 18.1 Å². The fourth-order valence-electron chi connectivity index (χ4n) is 0.939. The fourth-order valence-corrected chi connectivity index (χ4v) is 1.57. The van der Waals surface area contributed by atoms with Crippen molar-refractivity contribution >= 4 is 23.5 Å². The molecule has 0 bridgehead atoms. The molecule has 0 saturated heterocycles. The number of carboxylic acids is 1. The zero-order chi connectivity index (χ0) is 10.3. The molecule has 0 aliphatic heterocycles. The molecule has 0 aliphatic rings. The lowest BCUT2D eigenvalue weighted by Gasteiger charge is -2.06. The summed E-state index contributed by atoms with van der Waals surface area (Å²) in [7, 11) is 0. The van der Waals surface area contributed by atoms with E-state index in [1.54, 1.807) is 18.7 Å². The van der Waals surface area contributed by atoms with E-state index in [2.05, 4.69) is 0 Å². The van der Waals surface area contributed by atoms with Crippen molar-refractivity contribution in [3.8, 4) is 0 Å². The summed E-state index contributed by atoms with van der Waals surface area (Å²) in [5.74, 6) is 0.627. The molecular weight excluding hydrogens is 188 g/mol. The lowest BCUT2D eigenvalue weighted by molar-refractivity contribution is -0.140. The summed E-state index contributed by atoms with van der Waals surface area (Å²) < 4.78 is 0. The van der Waals surface area contributed by atoms with E-state index in [-0.39, 0.29) is 18.1 Å². The summed E-state index contributed by atoms with van der Waals surface area (Å²) in [6.45, 7) is 3.71. The molecule has 0 saturated carbocycles. The number of carboxylic acid groups (broad SMARTS) is 1. The number of rotatable bonds is 7. The van der Waals surface area contributed by atoms with E-state index in [4.69, 9.17) is 5.11 Å². The summed E-state index contributed by atoms with van der Waals surface area (Å²) >= 11 is 1.70. The molecule has 0 aromatic carbocycles. The van der Waals surface area contributed by atoms with Gasteiger partial charge < -0.3 is 5.11 Å². The average Bonchev–Trinajstić information content (AvgIpc) is 2.03. The van der Waals surface area contributed by atoms with Gasteiger partial charge in [-0.1, -0.05) is 13.8 Å². The molecule has 76 valence electrons. The van der Waals surface area contributed by atoms with E-state index in [9.17, 15) is 9.59 Å². The van der Waals surface area contributed by atoms with Gasteiger partial charge >= 0.3 is 5.97 Å². The molecule has 3 nitrogen and oxygen atoms in total. The smallest absolute Gasteiger partial charge is 0.304 e. The number of carbonyl (C=O) groups excluding carboxylic acids is 1. The van der Waals surface area contributed by atoms with E-state index in [1.165, 1.54) is 0 Å². The van der Waals surface area contributed by atoms with Crippen LogP contribution in [0.4, 0.5) is 0 Å². The van der Waals surface area contributed by atoms with Gasteiger partial charge in [-0.15, -0.1) is 0 Å². The largest absolute Gasteiger partial charge is 0.481 e. The number of Topliss-reactive ketones (excluding diaryl/α,β-unsaturated/α-hetero) is 1. The third-order valence-corrected chi connectivity index (χ3v) is 2.63. The van der Waals surface area contributed by atoms with Crippen LogP contribution < -0.4 is 0 Å². The number of ketones is 1. The maximum absolute atomic E-state index is 11.3. The number of hydrogen-bond acceptors (Lipinski definition) is 3. The zero-order valence-electron chi connectivity index (χ0n) is 8.08. The van der Waals surface area contributed by atoms with Gasteiger partial charge in [0.15, 0.2) is 0 Å². The monoisotopic (exact) mass is 204 g/mol. The van der Waals surface area contributed by atoms with Crippen molar-refractivity contribution in [1.29, 1.82) is 0 Å². The van der Waals surface area contributed by atoms with Crippen LogP contribution in [-0.2, 0) is 9.59 Å². The first-order valence-electron chi connectivity index (χ1n) is 4.40. The van der Waals surface area contributed by atoms with Crippen molar-refractivity contribution in [3.63, 3.8) is 0 Å². The van der Waals surface area contributed by atoms with E-state index in [1.807, 2.05) is 6.92 Å². The Morgan fingerprint density at radius 3 is 2.54 bits per heavy atom. The van der Waals surface area contributed by atoms with Gasteiger partial charge in [0.05, 0.1) is 6.42 Å². The van der Waals surface area contributed by atoms with Gasteiger partial charge in [-0.2, -0.15) is 11.8 Å². The molecule has 13 heavy (non-hydrogen) atoms. The standard InChI is InChI=1S/C9H16O3S/c1-3-13-5-4-8(10)7(2)6-9(11)12/h7H,3-6H2,1-2H3,(H,11,12). The Labute approximate surface area is 82.9 Å². The van der Waals surface area contributed by atoms with Crippen LogP contribution in [0.5, 0.6) is 0 Å². The third kappa shape index (κ3) is 6.63. The average molecular weight is 204 g/mol. The lowest BCUT2D eigenvalue weighted by atomic mass is 10.0. The summed E-state index contributed by atoms with van der Waals surface area (Å²) in [5, 5.41) is 8.45. The molecule has 0 radical (unpaired) electrons. The summed E-state index contributed by atoms with van der Waals surface area (Å²) in [6.07, 6.45) is 0.447. The highest BCUT2D eigenvalue weighted by atomic mass is 32.2. The van der Waals surface area contributed by atoms with Gasteiger partial charge in [0.2, 0.25) is 0 Å². The van der Waals surface area contributed by atoms with Crippen molar-refractivity contribution in [1.82, 2.24) is 0 Å². The molecule has 1 N–H and O–H groups in total. The van der Waals surface area contributed by atoms with E-state index in [0.717, 1.165) is 11.5 Å². The molecule has 0 amide bonds. The van der Waals surface area contributed by atoms with Gasteiger partial charge in [-0.3, -0.25) is 9.59 Å². The Morgan fingerprint density at radius 2 is 2.08 bits per heavy atom. The van der Waals surface area contributed by atoms with Crippen LogP contribution in [0.2, 0.25) is 0 Å². The molecule has 0 fully saturated rings. The first kappa shape index (κ1) is 12.5. The minimum atomic E-state index is -0.899. The Balaban J connectivity index is 3.63. The fraction of sp³-hybridized carbons (Fsp3) is 0.778. The molecule has 1 atom stereocenters. The highest BCUT2D eigenvalue weighted by Crippen LogP contribution is 2.09. The molecule has 0 aromatic rings. The quantitative estimate of drug-likeness (QED) is 0.642. The normalized spacial score (nSPS) is 12.5. The molecule has 4 heteroatoms. The highest BCUT2D eigenvalue weighted by Gasteiger charge is 2.15. The molecule has 0 spiro atoms. The topological polar surface area (TPSA) is 54.4 Å². The van der Waals surface area contributed by atoms with E-state index < -0.39 is 5.97 Å². The van der Waals surface area contributed by atoms with Crippen molar-refractivity contribution < 1.29 is 14.7 Å². The predicted octanol–water partition coefficient (Wildman–Crippen LogP) is 1.81. The van der Waals surface area contributed by atoms with Gasteiger partial charge in [-0.05, 0) is 5.75 Å². The van der Waals surface area contributed by atoms with Crippen LogP contribution in [0.3, 0.4) is 0 Å². The summed E-state index contributed by atoms with van der Waals surface area (Å²) in [5.41, 5.74) is 0. The predicted molar refractivity (Wildman–Crippen MR) is 54.0 cm³/mol. The lowest BCUT2D eigenvalue weighted by Crippen LogP contribution is -2.15. The second-order valence-corrected chi connectivity index (χ2v) is 4.31. The van der Waals surface area contributed by atoms with E-state index in [0.29, 0.717) is 6.42 Å². The van der Waals surface area contributed by atoms with Gasteiger partial charge in [0.25, 0.3) is 0 Å². The highest BCUT2D eigenvalue weighted by molar-refractivity contribution is 7.99. The molecule has 1 unspecified atom stereocenters. The third-order valence-electron chi connectivity index (χ3n) is 1.73. The summed E-state index contributed by atoms with van der Waals surface area (Å²) in [6, 6.07) is 0. The summed E-state index contributed by atoms with van der Waals surface area (Å²) in [4.78, 5) is 21.6. The zero-order valence-corrected chi connectivity index (χ0v) is 8.89. The Kier molecular flexibility index (Phi) is 6.68. The second-order valence-electron chi connectivity index (χ2n) is 2.91. The van der Waals surface area contributed by atoms with Gasteiger partial charge in [-0.25, -0.2) is 0 Å². The Morgan fingerprint density at radius 1 is 1.46 bits per heavy atom. The number of hydrogen-bond donors (Lipinski definition) is 1. The Bertz CT molecular complexity index is 180. The van der Waals surface area contributed by atoms with Crippen LogP contribution in [0.1, 0.15) is 26.7 Å². The first-order chi connectivity index (χ1) is 6.07. The van der Waals surface area contributed by atoms with Crippen molar-refractivity contribution in [3.05, 3.63) is 0 Å². The number of aliphatic carboxylic acids is 1. The van der Waals surface area contributed by atoms with Crippen LogP contribution in [0.15, 0.2) is 0 Å². The van der Waals surface area contributed by atoms with Crippen LogP contribution in [0.25, 0.3) is 0 Å². The number of thioether (sulfide) groups is 1. The van der Waals surface area contributed by atoms with Crippen LogP contribution in [-0.4, -0.2) is 28.4 Å². The molecule has 0 rings (SSSR count). The molecule has 0 aliphatic carbocycles.